The maximum atomic E-state index is 13.0. The predicted molar refractivity (Wildman–Crippen MR) is 141 cm³/mol. The van der Waals surface area contributed by atoms with Gasteiger partial charge in [-0.2, -0.15) is 0 Å². The Bertz CT molecular complexity index is 788. The van der Waals surface area contributed by atoms with Crippen molar-refractivity contribution >= 4 is 23.5 Å². The molecule has 0 aromatic rings. The largest absolute Gasteiger partial charge is 0.462 e. The highest BCUT2D eigenvalue weighted by Gasteiger charge is 2.41. The van der Waals surface area contributed by atoms with Gasteiger partial charge in [-0.25, -0.2) is 4.89 Å². The van der Waals surface area contributed by atoms with Crippen molar-refractivity contribution in [3.8, 4) is 0 Å². The monoisotopic (exact) mass is 563 g/mol. The Kier molecular flexibility index (Phi) is 16.8. The minimum Gasteiger partial charge on any atom is -0.462 e. The van der Waals surface area contributed by atoms with Crippen molar-refractivity contribution in [2.24, 2.45) is 35.3 Å². The number of esters is 2. The van der Waals surface area contributed by atoms with Crippen LogP contribution >= 0.6 is 0 Å². The lowest BCUT2D eigenvalue weighted by atomic mass is 9.81. The molecule has 0 aliphatic rings. The van der Waals surface area contributed by atoms with Crippen LogP contribution in [0.2, 0.25) is 0 Å². The summed E-state index contributed by atoms with van der Waals surface area (Å²) in [5.74, 6) is -5.45. The van der Waals surface area contributed by atoms with Gasteiger partial charge < -0.3 is 30.2 Å². The molecule has 12 heteroatoms. The van der Waals surface area contributed by atoms with Crippen molar-refractivity contribution in [2.45, 2.75) is 91.6 Å². The maximum absolute atomic E-state index is 13.0. The number of methoxy groups -OCH3 is 1. The Hall–Kier alpha value is -1.96. The Labute approximate surface area is 231 Å². The molecule has 0 radical (unpaired) electrons. The summed E-state index contributed by atoms with van der Waals surface area (Å²) in [4.78, 5) is 54.2. The molecule has 9 atom stereocenters. The van der Waals surface area contributed by atoms with Crippen molar-refractivity contribution in [1.29, 1.82) is 0 Å². The van der Waals surface area contributed by atoms with Crippen LogP contribution in [-0.2, 0) is 38.3 Å². The summed E-state index contributed by atoms with van der Waals surface area (Å²) in [5.41, 5.74) is 3.34. The number of ether oxygens (including phenoxy) is 3. The van der Waals surface area contributed by atoms with Crippen molar-refractivity contribution in [2.75, 3.05) is 26.9 Å². The first-order valence-corrected chi connectivity index (χ1v) is 13.4. The average Bonchev–Trinajstić information content (AvgIpc) is 2.90. The summed E-state index contributed by atoms with van der Waals surface area (Å²) < 4.78 is 15.6. The number of carbonyl (C=O) groups is 4. The fraction of sp³-hybridized carbons (Fsp3) is 0.852. The van der Waals surface area contributed by atoms with Crippen LogP contribution in [0.1, 0.15) is 67.7 Å². The van der Waals surface area contributed by atoms with Gasteiger partial charge in [0.05, 0.1) is 31.3 Å². The predicted octanol–water partition coefficient (Wildman–Crippen LogP) is 1.53. The zero-order valence-corrected chi connectivity index (χ0v) is 24.5. The third-order valence-corrected chi connectivity index (χ3v) is 7.08. The molecule has 0 spiro atoms. The molecule has 5 N–H and O–H groups in total. The highest BCUT2D eigenvalue weighted by Crippen LogP contribution is 2.26. The zero-order valence-electron chi connectivity index (χ0n) is 24.5. The van der Waals surface area contributed by atoms with E-state index in [9.17, 15) is 29.4 Å². The molecule has 0 aliphatic carbocycles. The van der Waals surface area contributed by atoms with E-state index in [1.807, 2.05) is 0 Å². The molecule has 228 valence electrons. The lowest BCUT2D eigenvalue weighted by Gasteiger charge is -2.34. The van der Waals surface area contributed by atoms with E-state index in [1.54, 1.807) is 27.7 Å². The molecule has 0 rings (SSSR count). The van der Waals surface area contributed by atoms with Crippen LogP contribution in [0.25, 0.3) is 0 Å². The lowest BCUT2D eigenvalue weighted by Crippen LogP contribution is -2.50. The summed E-state index contributed by atoms with van der Waals surface area (Å²) in [6, 6.07) is 0. The molecule has 0 aromatic heterocycles. The number of hydrogen-bond acceptors (Lipinski definition) is 12. The quantitative estimate of drug-likeness (QED) is 0.0950. The lowest BCUT2D eigenvalue weighted by molar-refractivity contribution is -0.275. The molecule has 0 saturated heterocycles. The normalized spacial score (nSPS) is 19.4. The summed E-state index contributed by atoms with van der Waals surface area (Å²) in [7, 11) is 1.47. The number of Topliss-reactive ketones (excluding diaryl/α,β-unsaturated/α-hetero) is 2. The standard InChI is InChI=1S/C27H49NO11/c1-15(9-10-18(4)39-35)21(29)11-16(2)23(31)19(5)25(32)27(7,34)14-37-26(33)20(6)24(17(3)13-36-8)38-22(30)12-28/h15-20,24-25,32,34-35H,9-14,28H2,1-8H3/t15?,16-,17-,18?,19?,20?,24+,25?,27-/m1/s1. The van der Waals surface area contributed by atoms with Crippen molar-refractivity contribution in [3.05, 3.63) is 0 Å². The van der Waals surface area contributed by atoms with E-state index in [-0.39, 0.29) is 37.2 Å². The zero-order chi connectivity index (χ0) is 30.5. The van der Waals surface area contributed by atoms with E-state index >= 15 is 0 Å². The maximum Gasteiger partial charge on any atom is 0.320 e. The molecule has 5 unspecified atom stereocenters. The number of ketones is 2. The molecule has 0 fully saturated rings. The molecule has 0 aromatic carbocycles. The van der Waals surface area contributed by atoms with E-state index in [2.05, 4.69) is 4.89 Å². The smallest absolute Gasteiger partial charge is 0.320 e. The van der Waals surface area contributed by atoms with E-state index in [0.717, 1.165) is 0 Å². The van der Waals surface area contributed by atoms with Crippen molar-refractivity contribution in [1.82, 2.24) is 0 Å². The van der Waals surface area contributed by atoms with E-state index in [0.29, 0.717) is 12.8 Å². The Balaban J connectivity index is 5.16. The number of aliphatic hydroxyl groups excluding tert-OH is 1. The van der Waals surface area contributed by atoms with Gasteiger partial charge in [0.25, 0.3) is 0 Å². The van der Waals surface area contributed by atoms with Gasteiger partial charge in [-0.05, 0) is 33.6 Å². The van der Waals surface area contributed by atoms with E-state index < -0.39 is 66.0 Å². The van der Waals surface area contributed by atoms with Crippen LogP contribution in [0.15, 0.2) is 0 Å². The van der Waals surface area contributed by atoms with Crippen molar-refractivity contribution in [3.63, 3.8) is 0 Å². The molecule has 12 nitrogen and oxygen atoms in total. The second-order valence-electron chi connectivity index (χ2n) is 10.9. The number of rotatable bonds is 20. The molecule has 39 heavy (non-hydrogen) atoms. The first-order chi connectivity index (χ1) is 18.0. The molecule has 0 saturated carbocycles. The van der Waals surface area contributed by atoms with Crippen LogP contribution in [0, 0.1) is 29.6 Å². The topological polar surface area (TPSA) is 192 Å². The van der Waals surface area contributed by atoms with Gasteiger partial charge in [-0.1, -0.05) is 27.7 Å². The Morgan fingerprint density at radius 1 is 0.949 bits per heavy atom. The first kappa shape index (κ1) is 37.0. The highest BCUT2D eigenvalue weighted by atomic mass is 17.1. The third-order valence-electron chi connectivity index (χ3n) is 7.08. The van der Waals surface area contributed by atoms with Crippen LogP contribution in [0.4, 0.5) is 0 Å². The summed E-state index contributed by atoms with van der Waals surface area (Å²) in [6.45, 7) is 10.1. The van der Waals surface area contributed by atoms with E-state index in [1.165, 1.54) is 27.9 Å². The van der Waals surface area contributed by atoms with Gasteiger partial charge in [-0.3, -0.25) is 24.4 Å². The second-order valence-corrected chi connectivity index (χ2v) is 10.9. The highest BCUT2D eigenvalue weighted by molar-refractivity contribution is 5.90. The second kappa shape index (κ2) is 17.7. The number of hydrogen-bond donors (Lipinski definition) is 4. The Morgan fingerprint density at radius 3 is 2.05 bits per heavy atom. The van der Waals surface area contributed by atoms with Crippen LogP contribution in [0.3, 0.4) is 0 Å². The van der Waals surface area contributed by atoms with Crippen LogP contribution in [-0.4, -0.2) is 89.8 Å². The number of carbonyl (C=O) groups excluding carboxylic acids is 4. The van der Waals surface area contributed by atoms with Gasteiger partial charge in [0.1, 0.15) is 29.9 Å². The van der Waals surface area contributed by atoms with E-state index in [4.69, 9.17) is 25.2 Å². The Morgan fingerprint density at radius 2 is 1.54 bits per heavy atom. The summed E-state index contributed by atoms with van der Waals surface area (Å²) >= 11 is 0. The van der Waals surface area contributed by atoms with Crippen LogP contribution < -0.4 is 5.73 Å². The van der Waals surface area contributed by atoms with Gasteiger partial charge in [-0.15, -0.1) is 0 Å². The fourth-order valence-electron chi connectivity index (χ4n) is 4.28. The van der Waals surface area contributed by atoms with Crippen LogP contribution in [0.5, 0.6) is 0 Å². The van der Waals surface area contributed by atoms with Gasteiger partial charge >= 0.3 is 11.9 Å². The molecular weight excluding hydrogens is 514 g/mol. The first-order valence-electron chi connectivity index (χ1n) is 13.4. The minimum atomic E-state index is -1.98. The summed E-state index contributed by atoms with van der Waals surface area (Å²) in [5, 5.41) is 30.3. The molecule has 0 amide bonds. The molecule has 0 aliphatic heterocycles. The average molecular weight is 564 g/mol. The minimum absolute atomic E-state index is 0.0391. The van der Waals surface area contributed by atoms with Gasteiger partial charge in [0, 0.05) is 37.2 Å². The molecule has 0 bridgehead atoms. The number of aliphatic hydroxyl groups is 2. The van der Waals surface area contributed by atoms with Crippen molar-refractivity contribution < 1.29 is 53.7 Å². The SMILES string of the molecule is COC[C@@H](C)[C@H](OC(=O)CN)C(C)C(=O)OC[C@@](C)(O)C(O)C(C)C(=O)[C@H](C)CC(=O)C(C)CCC(C)OO. The molecule has 0 heterocycles. The number of nitrogens with two attached hydrogens (primary N) is 1. The van der Waals surface area contributed by atoms with Gasteiger partial charge in [0.2, 0.25) is 0 Å². The molecular formula is C27H49NO11. The van der Waals surface area contributed by atoms with Gasteiger partial charge in [0.15, 0.2) is 0 Å². The fourth-order valence-corrected chi connectivity index (χ4v) is 4.28. The third kappa shape index (κ3) is 12.4. The summed E-state index contributed by atoms with van der Waals surface area (Å²) in [6.07, 6.45) is -1.98.